The molecule has 3 aromatic carbocycles. The van der Waals surface area contributed by atoms with Gasteiger partial charge in [0.15, 0.2) is 5.11 Å². The SMILES string of the molecule is CCC(C)N1CCN(c2ccc(N3CCN(c4ccc(OC[C@@H]5CO[C@@](Cn6ccnc6)(c6ccc(Cl)cc6Cl)O5)cc4)CC3)cc2)C1=S. The number of piperazine rings is 1. The highest BCUT2D eigenvalue weighted by atomic mass is 35.5. The number of hydrogen-bond donors (Lipinski definition) is 0. The summed E-state index contributed by atoms with van der Waals surface area (Å²) in [5.41, 5.74) is 4.33. The number of benzene rings is 3. The number of imidazole rings is 1. The predicted molar refractivity (Wildman–Crippen MR) is 200 cm³/mol. The minimum atomic E-state index is -1.08. The summed E-state index contributed by atoms with van der Waals surface area (Å²) in [6, 6.07) is 23.0. The number of thiocarbonyl (C=S) groups is 1. The predicted octanol–water partition coefficient (Wildman–Crippen LogP) is 7.07. The van der Waals surface area contributed by atoms with E-state index in [0.29, 0.717) is 35.8 Å². The molecule has 0 radical (unpaired) electrons. The van der Waals surface area contributed by atoms with Crippen LogP contribution in [0.1, 0.15) is 25.8 Å². The van der Waals surface area contributed by atoms with Crippen LogP contribution < -0.4 is 19.4 Å². The zero-order valence-electron chi connectivity index (χ0n) is 27.9. The molecule has 4 aromatic rings. The molecule has 3 atom stereocenters. The van der Waals surface area contributed by atoms with Crippen molar-refractivity contribution < 1.29 is 14.2 Å². The Balaban J connectivity index is 0.910. The number of rotatable bonds is 11. The van der Waals surface area contributed by atoms with Crippen LogP contribution in [0.5, 0.6) is 5.75 Å². The topological polar surface area (TPSA) is 58.5 Å². The lowest BCUT2D eigenvalue weighted by Gasteiger charge is -2.37. The average molecular weight is 722 g/mol. The summed E-state index contributed by atoms with van der Waals surface area (Å²) in [6.07, 6.45) is 6.13. The standard InChI is InChI=1S/C37H42Cl2N6O3S/c1-3-27(2)44-20-21-45(36(44)49)31-7-5-29(6-8-31)42-16-18-43(19-17-42)30-9-11-32(12-10-30)46-23-33-24-47-37(48-33,25-41-15-14-40-26-41)34-13-4-28(38)22-35(34)39/h4-15,22,26-27,33H,3,16-21,23-25H2,1-2H3/t27?,33-,37-/m1/s1. The number of halogens is 2. The molecule has 7 rings (SSSR count). The van der Waals surface area contributed by atoms with Crippen LogP contribution in [0.25, 0.3) is 0 Å². The molecule has 0 bridgehead atoms. The Morgan fingerprint density at radius 3 is 2.22 bits per heavy atom. The second kappa shape index (κ2) is 14.7. The van der Waals surface area contributed by atoms with Gasteiger partial charge in [-0.2, -0.15) is 0 Å². The number of nitrogens with zero attached hydrogens (tertiary/aromatic N) is 6. The Kier molecular flexibility index (Phi) is 10.2. The third kappa shape index (κ3) is 7.35. The van der Waals surface area contributed by atoms with E-state index in [0.717, 1.165) is 62.1 Å². The smallest absolute Gasteiger partial charge is 0.215 e. The summed E-state index contributed by atoms with van der Waals surface area (Å²) >= 11 is 18.6. The maximum atomic E-state index is 6.61. The molecular formula is C37H42Cl2N6O3S. The largest absolute Gasteiger partial charge is 0.491 e. The van der Waals surface area contributed by atoms with Crippen LogP contribution in [-0.2, 0) is 21.8 Å². The fourth-order valence-corrected chi connectivity index (χ4v) is 7.83. The molecule has 3 aliphatic heterocycles. The first-order valence-electron chi connectivity index (χ1n) is 17.0. The minimum absolute atomic E-state index is 0.288. The Morgan fingerprint density at radius 1 is 0.918 bits per heavy atom. The Hall–Kier alpha value is -3.54. The first-order valence-corrected chi connectivity index (χ1v) is 18.1. The number of anilines is 3. The van der Waals surface area contributed by atoms with Gasteiger partial charge in [0, 0.05) is 85.4 Å². The monoisotopic (exact) mass is 720 g/mol. The van der Waals surface area contributed by atoms with Crippen LogP contribution >= 0.6 is 35.4 Å². The maximum absolute atomic E-state index is 6.61. The Labute approximate surface area is 303 Å². The zero-order valence-corrected chi connectivity index (χ0v) is 30.2. The quantitative estimate of drug-likeness (QED) is 0.152. The van der Waals surface area contributed by atoms with Crippen molar-refractivity contribution in [2.24, 2.45) is 0 Å². The van der Waals surface area contributed by atoms with Crippen molar-refractivity contribution in [3.8, 4) is 5.75 Å². The van der Waals surface area contributed by atoms with Gasteiger partial charge in [-0.3, -0.25) is 0 Å². The lowest BCUT2D eigenvalue weighted by Crippen LogP contribution is -2.46. The van der Waals surface area contributed by atoms with Gasteiger partial charge in [-0.15, -0.1) is 0 Å². The number of hydrogen-bond acceptors (Lipinski definition) is 7. The minimum Gasteiger partial charge on any atom is -0.491 e. The summed E-state index contributed by atoms with van der Waals surface area (Å²) in [5, 5.41) is 1.98. The van der Waals surface area contributed by atoms with Crippen molar-refractivity contribution in [2.45, 2.75) is 44.7 Å². The zero-order chi connectivity index (χ0) is 34.0. The van der Waals surface area contributed by atoms with Gasteiger partial charge in [-0.25, -0.2) is 4.98 Å². The lowest BCUT2D eigenvalue weighted by atomic mass is 10.1. The molecule has 0 aliphatic carbocycles. The Bertz CT molecular complexity index is 1720. The normalized spacial score (nSPS) is 21.9. The molecule has 1 aromatic heterocycles. The molecule has 3 aliphatic rings. The van der Waals surface area contributed by atoms with Gasteiger partial charge in [-0.05, 0) is 86.2 Å². The Morgan fingerprint density at radius 2 is 1.59 bits per heavy atom. The van der Waals surface area contributed by atoms with E-state index in [1.165, 1.54) is 17.1 Å². The van der Waals surface area contributed by atoms with E-state index in [2.05, 4.69) is 74.8 Å². The van der Waals surface area contributed by atoms with Crippen molar-refractivity contribution in [1.82, 2.24) is 14.5 Å². The van der Waals surface area contributed by atoms with Crippen molar-refractivity contribution in [3.63, 3.8) is 0 Å². The van der Waals surface area contributed by atoms with Gasteiger partial charge in [0.2, 0.25) is 5.79 Å². The van der Waals surface area contributed by atoms with Crippen molar-refractivity contribution >= 4 is 57.6 Å². The lowest BCUT2D eigenvalue weighted by molar-refractivity contribution is -0.189. The van der Waals surface area contributed by atoms with E-state index in [9.17, 15) is 0 Å². The van der Waals surface area contributed by atoms with Gasteiger partial charge in [0.05, 0.1) is 24.5 Å². The average Bonchev–Trinajstić information content (AvgIpc) is 3.88. The van der Waals surface area contributed by atoms with Crippen LogP contribution in [0.2, 0.25) is 10.0 Å². The highest BCUT2D eigenvalue weighted by Crippen LogP contribution is 2.40. The third-order valence-electron chi connectivity index (χ3n) is 9.76. The fraction of sp³-hybridized carbons (Fsp3) is 0.405. The van der Waals surface area contributed by atoms with Gasteiger partial charge < -0.3 is 38.4 Å². The summed E-state index contributed by atoms with van der Waals surface area (Å²) in [5.74, 6) is -0.298. The van der Waals surface area contributed by atoms with Gasteiger partial charge in [0.1, 0.15) is 18.5 Å². The molecule has 12 heteroatoms. The van der Waals surface area contributed by atoms with Gasteiger partial charge >= 0.3 is 0 Å². The van der Waals surface area contributed by atoms with Crippen LogP contribution in [0.3, 0.4) is 0 Å². The summed E-state index contributed by atoms with van der Waals surface area (Å²) < 4.78 is 20.9. The molecule has 258 valence electrons. The fourth-order valence-electron chi connectivity index (χ4n) is 6.81. The van der Waals surface area contributed by atoms with E-state index < -0.39 is 5.79 Å². The first-order chi connectivity index (χ1) is 23.8. The van der Waals surface area contributed by atoms with E-state index in [1.807, 2.05) is 29.0 Å². The molecule has 1 unspecified atom stereocenters. The molecule has 0 N–H and O–H groups in total. The molecular weight excluding hydrogens is 679 g/mol. The van der Waals surface area contributed by atoms with E-state index >= 15 is 0 Å². The molecule has 3 fully saturated rings. The maximum Gasteiger partial charge on any atom is 0.215 e. The van der Waals surface area contributed by atoms with E-state index in [1.54, 1.807) is 24.7 Å². The van der Waals surface area contributed by atoms with E-state index in [-0.39, 0.29) is 6.10 Å². The number of ether oxygens (including phenoxy) is 3. The summed E-state index contributed by atoms with van der Waals surface area (Å²) in [6.45, 7) is 11.3. The van der Waals surface area contributed by atoms with Crippen LogP contribution in [-0.4, -0.2) is 84.2 Å². The highest BCUT2D eigenvalue weighted by molar-refractivity contribution is 7.80. The van der Waals surface area contributed by atoms with E-state index in [4.69, 9.17) is 49.6 Å². The molecule has 0 spiro atoms. The van der Waals surface area contributed by atoms with Crippen LogP contribution in [0.4, 0.5) is 17.1 Å². The van der Waals surface area contributed by atoms with Crippen LogP contribution in [0.15, 0.2) is 85.5 Å². The number of aromatic nitrogens is 2. The highest BCUT2D eigenvalue weighted by Gasteiger charge is 2.45. The second-order valence-corrected chi connectivity index (χ2v) is 14.1. The summed E-state index contributed by atoms with van der Waals surface area (Å²) in [4.78, 5) is 13.7. The van der Waals surface area contributed by atoms with Gasteiger partial charge in [-0.1, -0.05) is 36.2 Å². The first kappa shape index (κ1) is 33.9. The molecule has 3 saturated heterocycles. The molecule has 49 heavy (non-hydrogen) atoms. The molecule has 4 heterocycles. The summed E-state index contributed by atoms with van der Waals surface area (Å²) in [7, 11) is 0. The molecule has 0 saturated carbocycles. The molecule has 9 nitrogen and oxygen atoms in total. The molecule has 0 amide bonds. The second-order valence-electron chi connectivity index (χ2n) is 12.8. The van der Waals surface area contributed by atoms with Crippen LogP contribution in [0, 0.1) is 0 Å². The van der Waals surface area contributed by atoms with Crippen molar-refractivity contribution in [1.29, 1.82) is 0 Å². The third-order valence-corrected chi connectivity index (χ3v) is 10.8. The van der Waals surface area contributed by atoms with Crippen molar-refractivity contribution in [3.05, 3.63) is 101 Å². The van der Waals surface area contributed by atoms with Crippen molar-refractivity contribution in [2.75, 3.05) is 67.2 Å². The van der Waals surface area contributed by atoms with Gasteiger partial charge in [0.25, 0.3) is 0 Å².